The second kappa shape index (κ2) is 4.64. The van der Waals surface area contributed by atoms with Gasteiger partial charge in [0.2, 0.25) is 0 Å². The van der Waals surface area contributed by atoms with E-state index >= 15 is 0 Å². The molecule has 0 bridgehead atoms. The van der Waals surface area contributed by atoms with Gasteiger partial charge in [-0.25, -0.2) is 4.39 Å². The van der Waals surface area contributed by atoms with Gasteiger partial charge in [0.05, 0.1) is 10.6 Å². The number of nitrogens with two attached hydrogens (primary N) is 1. The van der Waals surface area contributed by atoms with Crippen LogP contribution in [0.15, 0.2) is 12.1 Å². The molecule has 0 saturated heterocycles. The molecule has 3 N–H and O–H groups in total. The Morgan fingerprint density at radius 2 is 2.00 bits per heavy atom. The maximum atomic E-state index is 13.6. The van der Waals surface area contributed by atoms with Crippen LogP contribution in [0.5, 0.6) is 0 Å². The van der Waals surface area contributed by atoms with E-state index in [9.17, 15) is 9.50 Å². The Morgan fingerprint density at radius 3 is 2.44 bits per heavy atom. The molecule has 100 valence electrons. The number of halogens is 3. The summed E-state index contributed by atoms with van der Waals surface area (Å²) in [5, 5.41) is 11.0. The van der Waals surface area contributed by atoms with Crippen molar-refractivity contribution in [2.45, 2.75) is 31.8 Å². The first kappa shape index (κ1) is 14.1. The van der Waals surface area contributed by atoms with Gasteiger partial charge in [-0.05, 0) is 31.9 Å². The number of aliphatic hydroxyl groups is 1. The molecule has 5 heteroatoms. The van der Waals surface area contributed by atoms with Crippen LogP contribution in [0.4, 0.5) is 4.39 Å². The van der Waals surface area contributed by atoms with Crippen molar-refractivity contribution in [3.63, 3.8) is 0 Å². The van der Waals surface area contributed by atoms with Gasteiger partial charge in [0.15, 0.2) is 0 Å². The van der Waals surface area contributed by atoms with Crippen molar-refractivity contribution in [1.82, 2.24) is 0 Å². The van der Waals surface area contributed by atoms with E-state index in [1.54, 1.807) is 6.92 Å². The molecule has 2 rings (SSSR count). The van der Waals surface area contributed by atoms with Crippen LogP contribution in [0.2, 0.25) is 10.0 Å². The third-order valence-electron chi connectivity index (χ3n) is 4.27. The molecule has 0 aromatic heterocycles. The molecule has 1 unspecified atom stereocenters. The highest BCUT2D eigenvalue weighted by Gasteiger charge is 2.52. The van der Waals surface area contributed by atoms with E-state index in [-0.39, 0.29) is 10.0 Å². The van der Waals surface area contributed by atoms with Crippen LogP contribution < -0.4 is 5.73 Å². The van der Waals surface area contributed by atoms with E-state index in [0.29, 0.717) is 12.1 Å². The summed E-state index contributed by atoms with van der Waals surface area (Å²) in [6.45, 7) is 1.99. The zero-order valence-electron chi connectivity index (χ0n) is 10.1. The van der Waals surface area contributed by atoms with E-state index in [1.807, 2.05) is 0 Å². The predicted molar refractivity (Wildman–Crippen MR) is 71.3 cm³/mol. The van der Waals surface area contributed by atoms with Crippen molar-refractivity contribution in [1.29, 1.82) is 0 Å². The molecule has 1 aromatic carbocycles. The minimum atomic E-state index is -1.25. The third-order valence-corrected chi connectivity index (χ3v) is 4.87. The van der Waals surface area contributed by atoms with Crippen LogP contribution in [0, 0.1) is 11.2 Å². The molecule has 1 aliphatic carbocycles. The summed E-state index contributed by atoms with van der Waals surface area (Å²) in [6.07, 6.45) is 2.65. The summed E-state index contributed by atoms with van der Waals surface area (Å²) in [6, 6.07) is 2.53. The van der Waals surface area contributed by atoms with Crippen molar-refractivity contribution in [2.24, 2.45) is 11.1 Å². The lowest BCUT2D eigenvalue weighted by Gasteiger charge is -2.51. The Balaban J connectivity index is 2.50. The SMILES string of the molecule is CC(O)(c1cc(F)c(Cl)cc1Cl)C1(CN)CCC1. The van der Waals surface area contributed by atoms with Crippen LogP contribution >= 0.6 is 23.2 Å². The summed E-state index contributed by atoms with van der Waals surface area (Å²) < 4.78 is 13.6. The minimum Gasteiger partial charge on any atom is -0.385 e. The molecule has 1 fully saturated rings. The highest BCUT2D eigenvalue weighted by atomic mass is 35.5. The van der Waals surface area contributed by atoms with Gasteiger partial charge < -0.3 is 10.8 Å². The number of rotatable bonds is 3. The smallest absolute Gasteiger partial charge is 0.142 e. The van der Waals surface area contributed by atoms with Gasteiger partial charge in [-0.1, -0.05) is 29.6 Å². The Hall–Kier alpha value is -0.350. The normalized spacial score (nSPS) is 21.2. The molecular weight excluding hydrogens is 276 g/mol. The number of benzene rings is 1. The summed E-state index contributed by atoms with van der Waals surface area (Å²) >= 11 is 11.7. The number of hydrogen-bond donors (Lipinski definition) is 2. The molecule has 1 aliphatic rings. The maximum absolute atomic E-state index is 13.6. The first-order valence-electron chi connectivity index (χ1n) is 5.91. The summed E-state index contributed by atoms with van der Waals surface area (Å²) in [7, 11) is 0. The largest absolute Gasteiger partial charge is 0.385 e. The van der Waals surface area contributed by atoms with Crippen LogP contribution in [0.25, 0.3) is 0 Å². The van der Waals surface area contributed by atoms with Crippen molar-refractivity contribution in [2.75, 3.05) is 6.54 Å². The molecular formula is C13H16Cl2FNO. The molecule has 0 amide bonds. The molecule has 18 heavy (non-hydrogen) atoms. The maximum Gasteiger partial charge on any atom is 0.142 e. The third kappa shape index (κ3) is 1.94. The molecule has 0 radical (unpaired) electrons. The highest BCUT2D eigenvalue weighted by Crippen LogP contribution is 2.54. The fourth-order valence-corrected chi connectivity index (χ4v) is 3.24. The minimum absolute atomic E-state index is 0.0463. The van der Waals surface area contributed by atoms with Gasteiger partial charge in [-0.2, -0.15) is 0 Å². The van der Waals surface area contributed by atoms with Crippen LogP contribution in [0.1, 0.15) is 31.7 Å². The molecule has 2 nitrogen and oxygen atoms in total. The molecule has 0 aliphatic heterocycles. The van der Waals surface area contributed by atoms with Gasteiger partial charge in [0.25, 0.3) is 0 Å². The van der Waals surface area contributed by atoms with Gasteiger partial charge in [-0.3, -0.25) is 0 Å². The van der Waals surface area contributed by atoms with E-state index in [4.69, 9.17) is 28.9 Å². The van der Waals surface area contributed by atoms with Crippen molar-refractivity contribution in [3.8, 4) is 0 Å². The van der Waals surface area contributed by atoms with E-state index in [1.165, 1.54) is 12.1 Å². The first-order chi connectivity index (χ1) is 8.34. The first-order valence-corrected chi connectivity index (χ1v) is 6.67. The van der Waals surface area contributed by atoms with Crippen molar-refractivity contribution < 1.29 is 9.50 Å². The quantitative estimate of drug-likeness (QED) is 0.838. The van der Waals surface area contributed by atoms with E-state index < -0.39 is 16.8 Å². The fraction of sp³-hybridized carbons (Fsp3) is 0.538. The molecule has 1 aromatic rings. The monoisotopic (exact) mass is 291 g/mol. The summed E-state index contributed by atoms with van der Waals surface area (Å²) in [5.41, 5.74) is 4.48. The highest BCUT2D eigenvalue weighted by molar-refractivity contribution is 6.35. The molecule has 1 atom stereocenters. The van der Waals surface area contributed by atoms with Crippen LogP contribution in [0.3, 0.4) is 0 Å². The lowest BCUT2D eigenvalue weighted by atomic mass is 9.57. The fourth-order valence-electron chi connectivity index (χ4n) is 2.67. The Kier molecular flexibility index (Phi) is 3.63. The lowest BCUT2D eigenvalue weighted by Crippen LogP contribution is -2.53. The Labute approximate surface area is 116 Å². The van der Waals surface area contributed by atoms with Gasteiger partial charge >= 0.3 is 0 Å². The lowest BCUT2D eigenvalue weighted by molar-refractivity contribution is -0.116. The zero-order chi connectivity index (χ0) is 13.6. The molecule has 0 spiro atoms. The van der Waals surface area contributed by atoms with E-state index in [0.717, 1.165) is 19.3 Å². The summed E-state index contributed by atoms with van der Waals surface area (Å²) in [5.74, 6) is -0.581. The Morgan fingerprint density at radius 1 is 1.39 bits per heavy atom. The van der Waals surface area contributed by atoms with Crippen LogP contribution in [-0.4, -0.2) is 11.7 Å². The second-order valence-corrected chi connectivity index (χ2v) is 5.97. The van der Waals surface area contributed by atoms with Crippen molar-refractivity contribution >= 4 is 23.2 Å². The zero-order valence-corrected chi connectivity index (χ0v) is 11.7. The predicted octanol–water partition coefficient (Wildman–Crippen LogP) is 3.47. The van der Waals surface area contributed by atoms with Gasteiger partial charge in [0.1, 0.15) is 5.82 Å². The second-order valence-electron chi connectivity index (χ2n) is 5.16. The molecule has 0 heterocycles. The van der Waals surface area contributed by atoms with E-state index in [2.05, 4.69) is 0 Å². The van der Waals surface area contributed by atoms with Crippen molar-refractivity contribution in [3.05, 3.63) is 33.6 Å². The Bertz CT molecular complexity index is 467. The average Bonchev–Trinajstić information content (AvgIpc) is 2.22. The van der Waals surface area contributed by atoms with Crippen LogP contribution in [-0.2, 0) is 5.60 Å². The molecule has 1 saturated carbocycles. The van der Waals surface area contributed by atoms with Gasteiger partial charge in [0, 0.05) is 22.5 Å². The average molecular weight is 292 g/mol. The standard InChI is InChI=1S/C13H16Cl2FNO/c1-12(18,13(7-17)3-2-4-13)8-5-11(16)10(15)6-9(8)14/h5-6,18H,2-4,7,17H2,1H3. The summed E-state index contributed by atoms with van der Waals surface area (Å²) in [4.78, 5) is 0. The number of hydrogen-bond acceptors (Lipinski definition) is 2. The van der Waals surface area contributed by atoms with Gasteiger partial charge in [-0.15, -0.1) is 0 Å². The topological polar surface area (TPSA) is 46.2 Å².